The Balaban J connectivity index is 2.40. The summed E-state index contributed by atoms with van der Waals surface area (Å²) in [6.07, 6.45) is -0.210. The second kappa shape index (κ2) is 8.54. The van der Waals surface area contributed by atoms with Crippen molar-refractivity contribution in [2.75, 3.05) is 25.1 Å². The number of carbonyl (C=O) groups is 1. The Morgan fingerprint density at radius 1 is 1.00 bits per heavy atom. The maximum absolute atomic E-state index is 13.0. The van der Waals surface area contributed by atoms with Gasteiger partial charge in [-0.05, 0) is 48.5 Å². The first-order chi connectivity index (χ1) is 12.4. The quantitative estimate of drug-likeness (QED) is 0.534. The van der Waals surface area contributed by atoms with Crippen molar-refractivity contribution in [3.05, 3.63) is 48.5 Å². The summed E-state index contributed by atoms with van der Waals surface area (Å²) in [4.78, 5) is 11.4. The molecular formula is C17H20N2O6S. The fraction of sp³-hybridized carbons (Fsp3) is 0.235. The van der Waals surface area contributed by atoms with E-state index in [0.717, 1.165) is 4.31 Å². The summed E-state index contributed by atoms with van der Waals surface area (Å²) in [5.41, 5.74) is 1.87. The lowest BCUT2D eigenvalue weighted by molar-refractivity contribution is -0.128. The van der Waals surface area contributed by atoms with Gasteiger partial charge in [0.25, 0.3) is 10.0 Å². The molecule has 140 valence electrons. The van der Waals surface area contributed by atoms with Crippen molar-refractivity contribution >= 4 is 21.6 Å². The van der Waals surface area contributed by atoms with Crippen molar-refractivity contribution in [1.82, 2.24) is 5.48 Å². The van der Waals surface area contributed by atoms with E-state index in [4.69, 9.17) is 14.7 Å². The first-order valence-corrected chi connectivity index (χ1v) is 9.10. The number of hydrogen-bond acceptors (Lipinski definition) is 6. The molecule has 2 aromatic carbocycles. The van der Waals surface area contributed by atoms with Crippen LogP contribution in [0.15, 0.2) is 53.4 Å². The van der Waals surface area contributed by atoms with Crippen LogP contribution in [0, 0.1) is 0 Å². The van der Waals surface area contributed by atoms with Crippen molar-refractivity contribution in [2.24, 2.45) is 0 Å². The third kappa shape index (κ3) is 4.44. The van der Waals surface area contributed by atoms with Crippen molar-refractivity contribution in [3.63, 3.8) is 0 Å². The number of anilines is 1. The Kier molecular flexibility index (Phi) is 6.42. The number of hydroxylamine groups is 1. The maximum atomic E-state index is 13.0. The number of benzene rings is 2. The summed E-state index contributed by atoms with van der Waals surface area (Å²) in [6.45, 7) is -0.146. The molecular weight excluding hydrogens is 360 g/mol. The van der Waals surface area contributed by atoms with Gasteiger partial charge in [-0.3, -0.25) is 14.3 Å². The van der Waals surface area contributed by atoms with E-state index in [2.05, 4.69) is 0 Å². The molecule has 2 N–H and O–H groups in total. The van der Waals surface area contributed by atoms with E-state index in [9.17, 15) is 13.2 Å². The molecule has 2 rings (SSSR count). The summed E-state index contributed by atoms with van der Waals surface area (Å²) >= 11 is 0. The van der Waals surface area contributed by atoms with Gasteiger partial charge in [-0.15, -0.1) is 0 Å². The van der Waals surface area contributed by atoms with Gasteiger partial charge < -0.3 is 9.47 Å². The third-order valence-corrected chi connectivity index (χ3v) is 5.52. The van der Waals surface area contributed by atoms with Crippen molar-refractivity contribution in [3.8, 4) is 11.5 Å². The summed E-state index contributed by atoms with van der Waals surface area (Å²) in [5, 5.41) is 8.67. The molecule has 0 radical (unpaired) electrons. The van der Waals surface area contributed by atoms with E-state index in [-0.39, 0.29) is 17.9 Å². The number of ether oxygens (including phenoxy) is 2. The van der Waals surface area contributed by atoms with Crippen LogP contribution in [0.1, 0.15) is 6.42 Å². The largest absolute Gasteiger partial charge is 0.497 e. The highest BCUT2D eigenvalue weighted by Gasteiger charge is 2.25. The topological polar surface area (TPSA) is 105 Å². The maximum Gasteiger partial charge on any atom is 0.264 e. The molecule has 0 bridgehead atoms. The van der Waals surface area contributed by atoms with Crippen LogP contribution in [0.25, 0.3) is 0 Å². The number of sulfonamides is 1. The Morgan fingerprint density at radius 3 is 1.96 bits per heavy atom. The third-order valence-electron chi connectivity index (χ3n) is 3.67. The smallest absolute Gasteiger partial charge is 0.264 e. The van der Waals surface area contributed by atoms with Crippen molar-refractivity contribution in [2.45, 2.75) is 11.3 Å². The Morgan fingerprint density at radius 2 is 1.50 bits per heavy atom. The highest BCUT2D eigenvalue weighted by atomic mass is 32.2. The number of amides is 1. The summed E-state index contributed by atoms with van der Waals surface area (Å²) in [6, 6.07) is 12.3. The van der Waals surface area contributed by atoms with Crippen LogP contribution in [0.5, 0.6) is 11.5 Å². The lowest BCUT2D eigenvalue weighted by atomic mass is 10.3. The Labute approximate surface area is 152 Å². The van der Waals surface area contributed by atoms with Gasteiger partial charge in [0.1, 0.15) is 11.5 Å². The van der Waals surface area contributed by atoms with Gasteiger partial charge in [-0.1, -0.05) is 0 Å². The predicted molar refractivity (Wildman–Crippen MR) is 95.1 cm³/mol. The van der Waals surface area contributed by atoms with E-state index in [1.165, 1.54) is 31.8 Å². The number of rotatable bonds is 8. The van der Waals surface area contributed by atoms with Gasteiger partial charge in [0, 0.05) is 13.0 Å². The molecule has 0 fully saturated rings. The van der Waals surface area contributed by atoms with Gasteiger partial charge in [0.05, 0.1) is 24.8 Å². The molecule has 0 aliphatic rings. The first kappa shape index (κ1) is 19.5. The lowest BCUT2D eigenvalue weighted by Crippen LogP contribution is -2.34. The molecule has 0 saturated heterocycles. The van der Waals surface area contributed by atoms with E-state index in [0.29, 0.717) is 17.2 Å². The highest BCUT2D eigenvalue weighted by Crippen LogP contribution is 2.27. The fourth-order valence-corrected chi connectivity index (χ4v) is 3.74. The number of nitrogens with one attached hydrogen (secondary N) is 1. The first-order valence-electron chi connectivity index (χ1n) is 7.66. The van der Waals surface area contributed by atoms with Crippen LogP contribution >= 0.6 is 0 Å². The Bertz CT molecular complexity index is 835. The van der Waals surface area contributed by atoms with Gasteiger partial charge in [0.2, 0.25) is 5.91 Å². The monoisotopic (exact) mass is 380 g/mol. The molecule has 9 heteroatoms. The lowest BCUT2D eigenvalue weighted by Gasteiger charge is -2.24. The molecule has 26 heavy (non-hydrogen) atoms. The SMILES string of the molecule is COc1ccc(N(CCC(=O)NO)S(=O)(=O)c2ccc(OC)cc2)cc1. The molecule has 1 amide bonds. The normalized spacial score (nSPS) is 10.9. The minimum absolute atomic E-state index is 0.0542. The highest BCUT2D eigenvalue weighted by molar-refractivity contribution is 7.92. The molecule has 0 spiro atoms. The zero-order valence-electron chi connectivity index (χ0n) is 14.4. The molecule has 0 saturated carbocycles. The fourth-order valence-electron chi connectivity index (χ4n) is 2.27. The average Bonchev–Trinajstić information content (AvgIpc) is 2.68. The molecule has 0 aromatic heterocycles. The van der Waals surface area contributed by atoms with E-state index < -0.39 is 15.9 Å². The zero-order chi connectivity index (χ0) is 19.2. The molecule has 2 aromatic rings. The number of nitrogens with zero attached hydrogens (tertiary/aromatic N) is 1. The van der Waals surface area contributed by atoms with Crippen molar-refractivity contribution < 1.29 is 27.9 Å². The van der Waals surface area contributed by atoms with Crippen molar-refractivity contribution in [1.29, 1.82) is 0 Å². The number of hydrogen-bond donors (Lipinski definition) is 2. The second-order valence-electron chi connectivity index (χ2n) is 5.24. The summed E-state index contributed by atoms with van der Waals surface area (Å²) in [5.74, 6) is 0.414. The molecule has 8 nitrogen and oxygen atoms in total. The van der Waals surface area contributed by atoms with Gasteiger partial charge in [0.15, 0.2) is 0 Å². The van der Waals surface area contributed by atoms with Gasteiger partial charge >= 0.3 is 0 Å². The zero-order valence-corrected chi connectivity index (χ0v) is 15.2. The van der Waals surface area contributed by atoms with E-state index in [1.54, 1.807) is 36.4 Å². The van der Waals surface area contributed by atoms with Gasteiger partial charge in [-0.2, -0.15) is 0 Å². The minimum Gasteiger partial charge on any atom is -0.497 e. The van der Waals surface area contributed by atoms with E-state index >= 15 is 0 Å². The molecule has 0 aliphatic carbocycles. The van der Waals surface area contributed by atoms with Gasteiger partial charge in [-0.25, -0.2) is 13.9 Å². The van der Waals surface area contributed by atoms with Crippen LogP contribution in [-0.4, -0.2) is 40.3 Å². The predicted octanol–water partition coefficient (Wildman–Crippen LogP) is 1.79. The van der Waals surface area contributed by atoms with Crippen LogP contribution in [0.3, 0.4) is 0 Å². The standard InChI is InChI=1S/C17H20N2O6S/c1-24-14-5-3-13(4-6-14)19(12-11-17(20)18-21)26(22,23)16-9-7-15(25-2)8-10-16/h3-10,21H,11-12H2,1-2H3,(H,18,20). The summed E-state index contributed by atoms with van der Waals surface area (Å²) < 4.78 is 37.3. The minimum atomic E-state index is -3.93. The molecule has 0 aliphatic heterocycles. The average molecular weight is 380 g/mol. The number of methoxy groups -OCH3 is 2. The number of carbonyl (C=O) groups excluding carboxylic acids is 1. The summed E-state index contributed by atoms with van der Waals surface area (Å²) in [7, 11) is -0.934. The Hall–Kier alpha value is -2.78. The van der Waals surface area contributed by atoms with Crippen LogP contribution in [0.2, 0.25) is 0 Å². The van der Waals surface area contributed by atoms with Crippen LogP contribution in [0.4, 0.5) is 5.69 Å². The molecule has 0 unspecified atom stereocenters. The van der Waals surface area contributed by atoms with Crippen LogP contribution < -0.4 is 19.3 Å². The molecule has 0 heterocycles. The van der Waals surface area contributed by atoms with E-state index in [1.807, 2.05) is 0 Å². The molecule has 0 atom stereocenters. The second-order valence-corrected chi connectivity index (χ2v) is 7.10. The van der Waals surface area contributed by atoms with Crippen LogP contribution in [-0.2, 0) is 14.8 Å².